The van der Waals surface area contributed by atoms with E-state index in [0.29, 0.717) is 30.9 Å². The predicted molar refractivity (Wildman–Crippen MR) is 107 cm³/mol. The van der Waals surface area contributed by atoms with Crippen LogP contribution in [0.1, 0.15) is 48.9 Å². The van der Waals surface area contributed by atoms with Crippen LogP contribution in [0.25, 0.3) is 0 Å². The quantitative estimate of drug-likeness (QED) is 0.473. The number of carbonyl (C=O) groups is 2. The first-order chi connectivity index (χ1) is 13.6. The van der Waals surface area contributed by atoms with Crippen LogP contribution in [-0.4, -0.2) is 35.0 Å². The zero-order valence-corrected chi connectivity index (χ0v) is 15.9. The number of benzene rings is 1. The molecule has 1 saturated carbocycles. The summed E-state index contributed by atoms with van der Waals surface area (Å²) in [7, 11) is 0. The van der Waals surface area contributed by atoms with Gasteiger partial charge in [0.2, 0.25) is 0 Å². The third-order valence-electron chi connectivity index (χ3n) is 5.24. The number of rotatable bonds is 10. The number of hydrogen-bond acceptors (Lipinski definition) is 5. The fraction of sp³-hybridized carbons (Fsp3) is 0.409. The molecule has 148 valence electrons. The second-order valence-electron chi connectivity index (χ2n) is 7.39. The van der Waals surface area contributed by atoms with Crippen LogP contribution in [0, 0.1) is 5.41 Å². The first-order valence-electron chi connectivity index (χ1n) is 9.69. The number of ether oxygens (including phenoxy) is 1. The molecule has 2 N–H and O–H groups in total. The lowest BCUT2D eigenvalue weighted by Gasteiger charge is -2.26. The largest absolute Gasteiger partial charge is 0.492 e. The van der Waals surface area contributed by atoms with E-state index in [4.69, 9.17) is 4.74 Å². The summed E-state index contributed by atoms with van der Waals surface area (Å²) in [6.45, 7) is 1.10. The van der Waals surface area contributed by atoms with Gasteiger partial charge in [-0.25, -0.2) is 4.98 Å². The van der Waals surface area contributed by atoms with E-state index in [1.165, 1.54) is 0 Å². The Balaban J connectivity index is 1.49. The van der Waals surface area contributed by atoms with E-state index in [2.05, 4.69) is 10.3 Å². The number of nitrogens with zero attached hydrogens (tertiary/aromatic N) is 1. The highest BCUT2D eigenvalue weighted by Crippen LogP contribution is 2.44. The average Bonchev–Trinajstić information content (AvgIpc) is 3.13. The van der Waals surface area contributed by atoms with Crippen molar-refractivity contribution in [1.82, 2.24) is 4.98 Å². The molecule has 1 heterocycles. The minimum Gasteiger partial charge on any atom is -0.492 e. The monoisotopic (exact) mass is 382 g/mol. The van der Waals surface area contributed by atoms with E-state index in [-0.39, 0.29) is 17.6 Å². The summed E-state index contributed by atoms with van der Waals surface area (Å²) >= 11 is 0. The normalized spacial score (nSPS) is 15.1. The molecule has 2 aromatic rings. The molecule has 1 fully saturated rings. The molecule has 1 aromatic heterocycles. The van der Waals surface area contributed by atoms with Gasteiger partial charge in [0.15, 0.2) is 5.78 Å². The van der Waals surface area contributed by atoms with Gasteiger partial charge in [-0.15, -0.1) is 0 Å². The van der Waals surface area contributed by atoms with Gasteiger partial charge in [0.1, 0.15) is 18.2 Å². The minimum absolute atomic E-state index is 0.00604. The topological polar surface area (TPSA) is 88.5 Å². The Labute approximate surface area is 164 Å². The van der Waals surface area contributed by atoms with Gasteiger partial charge >= 0.3 is 5.97 Å². The van der Waals surface area contributed by atoms with Crippen molar-refractivity contribution in [3.63, 3.8) is 0 Å². The van der Waals surface area contributed by atoms with Crippen LogP contribution < -0.4 is 10.1 Å². The number of aromatic nitrogens is 1. The molecule has 3 rings (SSSR count). The smallest absolute Gasteiger partial charge is 0.303 e. The highest BCUT2D eigenvalue weighted by atomic mass is 16.5. The molecule has 0 aliphatic heterocycles. The molecule has 0 radical (unpaired) electrons. The molecule has 0 unspecified atom stereocenters. The molecule has 1 aliphatic carbocycles. The summed E-state index contributed by atoms with van der Waals surface area (Å²) in [6.07, 6.45) is 5.73. The fourth-order valence-electron chi connectivity index (χ4n) is 3.86. The van der Waals surface area contributed by atoms with Crippen LogP contribution in [0.2, 0.25) is 0 Å². The van der Waals surface area contributed by atoms with Gasteiger partial charge in [-0.1, -0.05) is 18.9 Å². The van der Waals surface area contributed by atoms with Crippen LogP contribution in [0.4, 0.5) is 5.82 Å². The number of aliphatic carboxylic acids is 1. The van der Waals surface area contributed by atoms with Crippen LogP contribution >= 0.6 is 0 Å². The maximum absolute atomic E-state index is 12.7. The summed E-state index contributed by atoms with van der Waals surface area (Å²) in [4.78, 5) is 28.0. The molecule has 1 aromatic carbocycles. The van der Waals surface area contributed by atoms with Gasteiger partial charge in [0.05, 0.1) is 13.0 Å². The van der Waals surface area contributed by atoms with Crippen molar-refractivity contribution in [1.29, 1.82) is 0 Å². The summed E-state index contributed by atoms with van der Waals surface area (Å²) in [5, 5.41) is 12.4. The van der Waals surface area contributed by atoms with E-state index < -0.39 is 5.97 Å². The maximum atomic E-state index is 12.7. The number of pyridine rings is 1. The Bertz CT molecular complexity index is 784. The second-order valence-corrected chi connectivity index (χ2v) is 7.39. The first kappa shape index (κ1) is 19.9. The standard InChI is InChI=1S/C22H26N2O4/c25-19(15-22(16-21(26)27)10-2-3-11-22)17-6-8-18(9-7-17)28-14-13-24-20-5-1-4-12-23-20/h1,4-9,12H,2-3,10-11,13-16H2,(H,23,24)(H,26,27). The Kier molecular flexibility index (Phi) is 6.63. The van der Waals surface area contributed by atoms with Gasteiger partial charge in [0, 0.05) is 18.2 Å². The van der Waals surface area contributed by atoms with E-state index >= 15 is 0 Å². The number of hydrogen-bond donors (Lipinski definition) is 2. The highest BCUT2D eigenvalue weighted by molar-refractivity contribution is 5.96. The number of carbonyl (C=O) groups excluding carboxylic acids is 1. The summed E-state index contributed by atoms with van der Waals surface area (Å²) in [5.41, 5.74) is 0.227. The van der Waals surface area contributed by atoms with Crippen molar-refractivity contribution >= 4 is 17.6 Å². The molecule has 1 aliphatic rings. The Hall–Kier alpha value is -2.89. The van der Waals surface area contributed by atoms with Gasteiger partial charge in [-0.3, -0.25) is 9.59 Å². The fourth-order valence-corrected chi connectivity index (χ4v) is 3.86. The Morgan fingerprint density at radius 3 is 2.46 bits per heavy atom. The molecular formula is C22H26N2O4. The number of Topliss-reactive ketones (excluding diaryl/α,β-unsaturated/α-hetero) is 1. The third-order valence-corrected chi connectivity index (χ3v) is 5.24. The number of nitrogens with one attached hydrogen (secondary N) is 1. The van der Waals surface area contributed by atoms with Crippen molar-refractivity contribution in [3.05, 3.63) is 54.2 Å². The maximum Gasteiger partial charge on any atom is 0.303 e. The predicted octanol–water partition coefficient (Wildman–Crippen LogP) is 4.18. The van der Waals surface area contributed by atoms with Crippen LogP contribution in [0.3, 0.4) is 0 Å². The molecule has 6 nitrogen and oxygen atoms in total. The van der Waals surface area contributed by atoms with Crippen molar-refractivity contribution in [2.45, 2.75) is 38.5 Å². The van der Waals surface area contributed by atoms with Crippen LogP contribution in [0.15, 0.2) is 48.7 Å². The molecule has 0 amide bonds. The van der Waals surface area contributed by atoms with Crippen molar-refractivity contribution in [3.8, 4) is 5.75 Å². The lowest BCUT2D eigenvalue weighted by molar-refractivity contribution is -0.139. The molecular weight excluding hydrogens is 356 g/mol. The minimum atomic E-state index is -0.822. The third kappa shape index (κ3) is 5.55. The summed E-state index contributed by atoms with van der Waals surface area (Å²) < 4.78 is 5.69. The molecule has 0 saturated heterocycles. The Morgan fingerprint density at radius 2 is 1.82 bits per heavy atom. The van der Waals surface area contributed by atoms with Crippen molar-refractivity contribution < 1.29 is 19.4 Å². The van der Waals surface area contributed by atoms with Crippen molar-refractivity contribution in [2.24, 2.45) is 5.41 Å². The number of carboxylic acids is 1. The van der Waals surface area contributed by atoms with Gasteiger partial charge in [-0.05, 0) is 54.7 Å². The molecule has 6 heteroatoms. The first-order valence-corrected chi connectivity index (χ1v) is 9.69. The zero-order chi connectivity index (χ0) is 19.8. The number of ketones is 1. The zero-order valence-electron chi connectivity index (χ0n) is 15.9. The molecule has 0 spiro atoms. The summed E-state index contributed by atoms with van der Waals surface area (Å²) in [6, 6.07) is 12.8. The average molecular weight is 382 g/mol. The van der Waals surface area contributed by atoms with Crippen LogP contribution in [0.5, 0.6) is 5.75 Å². The van der Waals surface area contributed by atoms with E-state index in [0.717, 1.165) is 31.5 Å². The van der Waals surface area contributed by atoms with Gasteiger partial charge in [0.25, 0.3) is 0 Å². The van der Waals surface area contributed by atoms with Crippen molar-refractivity contribution in [2.75, 3.05) is 18.5 Å². The van der Waals surface area contributed by atoms with E-state index in [1.54, 1.807) is 30.5 Å². The molecule has 28 heavy (non-hydrogen) atoms. The van der Waals surface area contributed by atoms with E-state index in [1.807, 2.05) is 18.2 Å². The molecule has 0 bridgehead atoms. The lowest BCUT2D eigenvalue weighted by atomic mass is 9.77. The van der Waals surface area contributed by atoms with Gasteiger partial charge < -0.3 is 15.2 Å². The number of anilines is 1. The SMILES string of the molecule is O=C(O)CC1(CC(=O)c2ccc(OCCNc3ccccn3)cc2)CCCC1. The summed E-state index contributed by atoms with van der Waals surface area (Å²) in [5.74, 6) is 0.680. The van der Waals surface area contributed by atoms with Crippen LogP contribution in [-0.2, 0) is 4.79 Å². The lowest BCUT2D eigenvalue weighted by Crippen LogP contribution is -2.24. The Morgan fingerprint density at radius 1 is 1.07 bits per heavy atom. The second kappa shape index (κ2) is 9.35. The van der Waals surface area contributed by atoms with Gasteiger partial charge in [-0.2, -0.15) is 0 Å². The number of carboxylic acid groups (broad SMARTS) is 1. The van der Waals surface area contributed by atoms with E-state index in [9.17, 15) is 14.7 Å². The highest BCUT2D eigenvalue weighted by Gasteiger charge is 2.38. The molecule has 0 atom stereocenters.